The van der Waals surface area contributed by atoms with Crippen LogP contribution in [0.5, 0.6) is 5.75 Å². The molecule has 0 aliphatic heterocycles. The van der Waals surface area contributed by atoms with Crippen LogP contribution in [0.4, 0.5) is 8.78 Å². The average Bonchev–Trinajstić information content (AvgIpc) is 2.29. The Bertz CT molecular complexity index is 445. The largest absolute Gasteiger partial charge is 0.504 e. The summed E-state index contributed by atoms with van der Waals surface area (Å²) in [6.07, 6.45) is 0. The second-order valence-electron chi connectivity index (χ2n) is 2.93. The number of aromatic hydroxyl groups is 1. The standard InChI is InChI=1S/C9H8BrF2NO3.ClH/c1-16-9(15)7(13)3-2-4(10)5(11)6(12)8(3)14;/h2,7,14H,13H2,1H3;1H/t7-;/m0./s1. The van der Waals surface area contributed by atoms with Gasteiger partial charge in [-0.15, -0.1) is 12.4 Å². The van der Waals surface area contributed by atoms with Crippen molar-refractivity contribution in [1.29, 1.82) is 0 Å². The Kier molecular flexibility index (Phi) is 5.80. The number of phenols is 1. The summed E-state index contributed by atoms with van der Waals surface area (Å²) >= 11 is 2.74. The average molecular weight is 333 g/mol. The number of hydrogen-bond acceptors (Lipinski definition) is 4. The zero-order chi connectivity index (χ0) is 12.5. The van der Waals surface area contributed by atoms with Crippen molar-refractivity contribution >= 4 is 34.3 Å². The first kappa shape index (κ1) is 16.1. The fourth-order valence-corrected chi connectivity index (χ4v) is 1.52. The van der Waals surface area contributed by atoms with Gasteiger partial charge in [-0.1, -0.05) is 0 Å². The normalized spacial score (nSPS) is 11.6. The molecule has 1 aromatic carbocycles. The summed E-state index contributed by atoms with van der Waals surface area (Å²) in [7, 11) is 1.09. The van der Waals surface area contributed by atoms with E-state index in [4.69, 9.17) is 5.73 Å². The van der Waals surface area contributed by atoms with Gasteiger partial charge in [0.05, 0.1) is 11.6 Å². The summed E-state index contributed by atoms with van der Waals surface area (Å²) < 4.78 is 30.2. The molecule has 0 saturated heterocycles. The van der Waals surface area contributed by atoms with Crippen LogP contribution in [0.3, 0.4) is 0 Å². The highest BCUT2D eigenvalue weighted by atomic mass is 79.9. The number of esters is 1. The summed E-state index contributed by atoms with van der Waals surface area (Å²) in [5, 5.41) is 9.29. The minimum Gasteiger partial charge on any atom is -0.504 e. The summed E-state index contributed by atoms with van der Waals surface area (Å²) in [5.41, 5.74) is 5.14. The molecule has 96 valence electrons. The molecule has 0 amide bonds. The van der Waals surface area contributed by atoms with Crippen LogP contribution in [0.15, 0.2) is 10.5 Å². The molecule has 0 spiro atoms. The van der Waals surface area contributed by atoms with Crippen molar-refractivity contribution in [2.75, 3.05) is 7.11 Å². The fourth-order valence-electron chi connectivity index (χ4n) is 1.09. The maximum atomic E-state index is 13.1. The molecule has 0 radical (unpaired) electrons. The van der Waals surface area contributed by atoms with Crippen molar-refractivity contribution in [2.24, 2.45) is 5.73 Å². The third-order valence-electron chi connectivity index (χ3n) is 1.96. The van der Waals surface area contributed by atoms with Crippen LogP contribution in [0.25, 0.3) is 0 Å². The molecule has 8 heteroatoms. The number of rotatable bonds is 2. The van der Waals surface area contributed by atoms with Gasteiger partial charge >= 0.3 is 5.97 Å². The van der Waals surface area contributed by atoms with Gasteiger partial charge in [0.25, 0.3) is 0 Å². The van der Waals surface area contributed by atoms with E-state index in [1.165, 1.54) is 0 Å². The second-order valence-corrected chi connectivity index (χ2v) is 3.78. The molecule has 0 fully saturated rings. The third kappa shape index (κ3) is 3.05. The molecule has 0 heterocycles. The summed E-state index contributed by atoms with van der Waals surface area (Å²) in [6, 6.07) is -0.355. The van der Waals surface area contributed by atoms with Gasteiger partial charge < -0.3 is 15.6 Å². The van der Waals surface area contributed by atoms with Crippen molar-refractivity contribution in [3.63, 3.8) is 0 Å². The molecule has 17 heavy (non-hydrogen) atoms. The van der Waals surface area contributed by atoms with Crippen LogP contribution in [0.1, 0.15) is 11.6 Å². The lowest BCUT2D eigenvalue weighted by atomic mass is 10.1. The van der Waals surface area contributed by atoms with Crippen molar-refractivity contribution in [1.82, 2.24) is 0 Å². The van der Waals surface area contributed by atoms with Crippen LogP contribution in [-0.2, 0) is 9.53 Å². The molecule has 3 N–H and O–H groups in total. The van der Waals surface area contributed by atoms with Gasteiger partial charge in [-0.25, -0.2) is 4.39 Å². The van der Waals surface area contributed by atoms with E-state index in [2.05, 4.69) is 20.7 Å². The van der Waals surface area contributed by atoms with Gasteiger partial charge in [0.1, 0.15) is 6.04 Å². The molecule has 0 aromatic heterocycles. The molecule has 0 aliphatic rings. The molecular weight excluding hydrogens is 323 g/mol. The van der Waals surface area contributed by atoms with E-state index in [1.54, 1.807) is 0 Å². The van der Waals surface area contributed by atoms with E-state index < -0.39 is 29.4 Å². The molecule has 0 unspecified atom stereocenters. The van der Waals surface area contributed by atoms with Gasteiger partial charge in [-0.05, 0) is 22.0 Å². The first-order chi connectivity index (χ1) is 7.40. The third-order valence-corrected chi connectivity index (χ3v) is 2.53. The predicted molar refractivity (Wildman–Crippen MR) is 61.9 cm³/mol. The van der Waals surface area contributed by atoms with Gasteiger partial charge in [0, 0.05) is 5.56 Å². The zero-order valence-electron chi connectivity index (χ0n) is 8.54. The number of methoxy groups -OCH3 is 1. The quantitative estimate of drug-likeness (QED) is 0.642. The Morgan fingerprint density at radius 3 is 2.53 bits per heavy atom. The zero-order valence-corrected chi connectivity index (χ0v) is 10.9. The van der Waals surface area contributed by atoms with Gasteiger partial charge in [0.2, 0.25) is 5.82 Å². The molecule has 0 aliphatic carbocycles. The molecule has 1 aromatic rings. The van der Waals surface area contributed by atoms with Gasteiger partial charge in [-0.3, -0.25) is 4.79 Å². The van der Waals surface area contributed by atoms with Crippen LogP contribution in [-0.4, -0.2) is 18.2 Å². The lowest BCUT2D eigenvalue weighted by Gasteiger charge is -2.12. The number of ether oxygens (including phenoxy) is 1. The Hall–Kier alpha value is -0.920. The van der Waals surface area contributed by atoms with E-state index in [-0.39, 0.29) is 22.4 Å². The molecular formula is C9H9BrClF2NO3. The topological polar surface area (TPSA) is 72.5 Å². The minimum atomic E-state index is -1.47. The van der Waals surface area contributed by atoms with Crippen LogP contribution in [0, 0.1) is 11.6 Å². The Labute approximate surface area is 110 Å². The Balaban J connectivity index is 0.00000256. The molecule has 1 atom stereocenters. The number of hydrogen-bond donors (Lipinski definition) is 2. The number of halogens is 4. The minimum absolute atomic E-state index is 0. The molecule has 1 rings (SSSR count). The first-order valence-corrected chi connectivity index (χ1v) is 4.89. The molecule has 0 saturated carbocycles. The van der Waals surface area contributed by atoms with E-state index in [9.17, 15) is 18.7 Å². The number of phenolic OH excluding ortho intramolecular Hbond substituents is 1. The highest BCUT2D eigenvalue weighted by Gasteiger charge is 2.25. The van der Waals surface area contributed by atoms with Gasteiger partial charge in [-0.2, -0.15) is 4.39 Å². The highest BCUT2D eigenvalue weighted by Crippen LogP contribution is 2.32. The lowest BCUT2D eigenvalue weighted by molar-refractivity contribution is -0.142. The Morgan fingerprint density at radius 2 is 2.06 bits per heavy atom. The number of nitrogens with two attached hydrogens (primary N) is 1. The Morgan fingerprint density at radius 1 is 1.53 bits per heavy atom. The van der Waals surface area contributed by atoms with Crippen LogP contribution in [0.2, 0.25) is 0 Å². The number of benzene rings is 1. The van der Waals surface area contributed by atoms with Crippen LogP contribution >= 0.6 is 28.3 Å². The fraction of sp³-hybridized carbons (Fsp3) is 0.222. The summed E-state index contributed by atoms with van der Waals surface area (Å²) in [6.45, 7) is 0. The lowest BCUT2D eigenvalue weighted by Crippen LogP contribution is -2.23. The smallest absolute Gasteiger partial charge is 0.327 e. The molecule has 0 bridgehead atoms. The van der Waals surface area contributed by atoms with E-state index in [1.807, 2.05) is 0 Å². The van der Waals surface area contributed by atoms with E-state index in [0.717, 1.165) is 13.2 Å². The number of carbonyl (C=O) groups excluding carboxylic acids is 1. The monoisotopic (exact) mass is 331 g/mol. The van der Waals surface area contributed by atoms with E-state index in [0.29, 0.717) is 0 Å². The highest BCUT2D eigenvalue weighted by molar-refractivity contribution is 9.10. The first-order valence-electron chi connectivity index (χ1n) is 4.10. The predicted octanol–water partition coefficient (Wildman–Crippen LogP) is 2.03. The maximum Gasteiger partial charge on any atom is 0.327 e. The SMILES string of the molecule is COC(=O)[C@@H](N)c1cc(Br)c(F)c(F)c1O.Cl. The second kappa shape index (κ2) is 6.13. The maximum absolute atomic E-state index is 13.1. The molecule has 4 nitrogen and oxygen atoms in total. The van der Waals surface area contributed by atoms with Crippen molar-refractivity contribution in [3.8, 4) is 5.75 Å². The van der Waals surface area contributed by atoms with Gasteiger partial charge in [0.15, 0.2) is 11.6 Å². The van der Waals surface area contributed by atoms with Crippen molar-refractivity contribution in [2.45, 2.75) is 6.04 Å². The van der Waals surface area contributed by atoms with Crippen molar-refractivity contribution in [3.05, 3.63) is 27.7 Å². The number of carbonyl (C=O) groups is 1. The summed E-state index contributed by atoms with van der Waals surface area (Å²) in [5.74, 6) is -4.59. The van der Waals surface area contributed by atoms with Crippen molar-refractivity contribution < 1.29 is 23.4 Å². The van der Waals surface area contributed by atoms with Crippen LogP contribution < -0.4 is 5.73 Å². The summed E-state index contributed by atoms with van der Waals surface area (Å²) in [4.78, 5) is 11.1. The van der Waals surface area contributed by atoms with E-state index >= 15 is 0 Å².